The number of allylic oxidation sites excluding steroid dienone is 1. The van der Waals surface area contributed by atoms with Gasteiger partial charge in [-0.15, -0.1) is 0 Å². The highest BCUT2D eigenvalue weighted by Crippen LogP contribution is 2.34. The maximum absolute atomic E-state index is 3.65. The molecular weight excluding hydrogens is 250 g/mol. The molecule has 1 unspecified atom stereocenters. The zero-order valence-corrected chi connectivity index (χ0v) is 10.8. The third-order valence-corrected chi connectivity index (χ3v) is 3.73. The molecule has 2 heteroatoms. The van der Waals surface area contributed by atoms with E-state index in [0.717, 1.165) is 12.8 Å². The Morgan fingerprint density at radius 3 is 2.93 bits per heavy atom. The molecule has 0 saturated heterocycles. The largest absolute Gasteiger partial charge is 0.313 e. The van der Waals surface area contributed by atoms with Crippen LogP contribution in [0.25, 0.3) is 5.57 Å². The van der Waals surface area contributed by atoms with Crippen molar-refractivity contribution in [1.29, 1.82) is 0 Å². The molecule has 0 aliphatic heterocycles. The quantitative estimate of drug-likeness (QED) is 0.865. The van der Waals surface area contributed by atoms with Crippen LogP contribution in [0.4, 0.5) is 0 Å². The fourth-order valence-electron chi connectivity index (χ4n) is 2.13. The lowest BCUT2D eigenvalue weighted by atomic mass is 9.87. The van der Waals surface area contributed by atoms with Crippen LogP contribution in [0.15, 0.2) is 28.7 Å². The Kier molecular flexibility index (Phi) is 3.27. The van der Waals surface area contributed by atoms with Crippen molar-refractivity contribution in [2.24, 2.45) is 0 Å². The minimum absolute atomic E-state index is 0.419. The molecule has 0 radical (unpaired) electrons. The van der Waals surface area contributed by atoms with Crippen molar-refractivity contribution in [3.63, 3.8) is 0 Å². The highest BCUT2D eigenvalue weighted by atomic mass is 79.9. The monoisotopic (exact) mass is 265 g/mol. The topological polar surface area (TPSA) is 12.0 Å². The third-order valence-electron chi connectivity index (χ3n) is 3.07. The minimum Gasteiger partial charge on any atom is -0.313 e. The van der Waals surface area contributed by atoms with Crippen LogP contribution in [0.3, 0.4) is 0 Å². The first-order valence-corrected chi connectivity index (χ1v) is 6.18. The summed E-state index contributed by atoms with van der Waals surface area (Å²) in [6.07, 6.45) is 4.67. The maximum atomic E-state index is 3.65. The first kappa shape index (κ1) is 10.9. The lowest BCUT2D eigenvalue weighted by Gasteiger charge is -2.23. The van der Waals surface area contributed by atoms with Crippen molar-refractivity contribution in [2.75, 3.05) is 7.05 Å². The predicted octanol–water partition coefficient (Wildman–Crippen LogP) is 3.39. The standard InChI is InChI=1S/C13H16BrN/c1-9(15-2)11-7-3-5-10-6-4-8-12(14)13(10)11/h4,6-9,15H,3,5H2,1-2H3. The second kappa shape index (κ2) is 4.50. The van der Waals surface area contributed by atoms with Crippen LogP contribution >= 0.6 is 15.9 Å². The highest BCUT2D eigenvalue weighted by Gasteiger charge is 2.18. The Bertz CT molecular complexity index is 396. The summed E-state index contributed by atoms with van der Waals surface area (Å²) in [7, 11) is 2.01. The molecule has 80 valence electrons. The lowest BCUT2D eigenvalue weighted by molar-refractivity contribution is 0.735. The molecule has 15 heavy (non-hydrogen) atoms. The lowest BCUT2D eigenvalue weighted by Crippen LogP contribution is -2.24. The Morgan fingerprint density at radius 1 is 1.40 bits per heavy atom. The predicted molar refractivity (Wildman–Crippen MR) is 69.0 cm³/mol. The van der Waals surface area contributed by atoms with Crippen molar-refractivity contribution < 1.29 is 0 Å². The van der Waals surface area contributed by atoms with Crippen molar-refractivity contribution in [3.05, 3.63) is 39.9 Å². The molecule has 0 spiro atoms. The number of rotatable bonds is 2. The van der Waals surface area contributed by atoms with Gasteiger partial charge in [0, 0.05) is 10.5 Å². The van der Waals surface area contributed by atoms with Crippen molar-refractivity contribution in [3.8, 4) is 0 Å². The summed E-state index contributed by atoms with van der Waals surface area (Å²) in [5.41, 5.74) is 4.28. The van der Waals surface area contributed by atoms with Gasteiger partial charge < -0.3 is 5.32 Å². The van der Waals surface area contributed by atoms with Crippen molar-refractivity contribution in [1.82, 2.24) is 5.32 Å². The summed E-state index contributed by atoms with van der Waals surface area (Å²) in [5.74, 6) is 0. The number of benzene rings is 1. The van der Waals surface area contributed by atoms with E-state index in [9.17, 15) is 0 Å². The first-order valence-electron chi connectivity index (χ1n) is 5.39. The molecule has 1 nitrogen and oxygen atoms in total. The molecule has 1 atom stereocenters. The molecule has 1 aromatic rings. The number of halogens is 1. The third kappa shape index (κ3) is 2.01. The smallest absolute Gasteiger partial charge is 0.0292 e. The normalized spacial score (nSPS) is 16.9. The van der Waals surface area contributed by atoms with Crippen molar-refractivity contribution in [2.45, 2.75) is 25.8 Å². The first-order chi connectivity index (χ1) is 7.24. The number of fused-ring (bicyclic) bond motifs is 1. The van der Waals surface area contributed by atoms with Crippen LogP contribution in [0.2, 0.25) is 0 Å². The molecule has 0 heterocycles. The molecular formula is C13H16BrN. The van der Waals surface area contributed by atoms with Crippen LogP contribution in [0.5, 0.6) is 0 Å². The average molecular weight is 266 g/mol. The van der Waals surface area contributed by atoms with Crippen molar-refractivity contribution >= 4 is 21.5 Å². The van der Waals surface area contributed by atoms with E-state index < -0.39 is 0 Å². The molecule has 2 rings (SSSR count). The van der Waals surface area contributed by atoms with Gasteiger partial charge >= 0.3 is 0 Å². The van der Waals surface area contributed by atoms with E-state index in [1.54, 1.807) is 0 Å². The molecule has 1 N–H and O–H groups in total. The fourth-order valence-corrected chi connectivity index (χ4v) is 2.77. The van der Waals surface area contributed by atoms with Gasteiger partial charge in [0.15, 0.2) is 0 Å². The van der Waals surface area contributed by atoms with Gasteiger partial charge in [-0.2, -0.15) is 0 Å². The second-order valence-corrected chi connectivity index (χ2v) is 4.84. The number of likely N-dealkylation sites (N-methyl/N-ethyl adjacent to an activating group) is 1. The van der Waals surface area contributed by atoms with Gasteiger partial charge in [0.25, 0.3) is 0 Å². The van der Waals surface area contributed by atoms with E-state index in [2.05, 4.69) is 52.4 Å². The van der Waals surface area contributed by atoms with Crippen LogP contribution in [-0.4, -0.2) is 13.1 Å². The Balaban J connectivity index is 2.49. The van der Waals surface area contributed by atoms with E-state index in [1.807, 2.05) is 7.05 Å². The summed E-state index contributed by atoms with van der Waals surface area (Å²) in [6, 6.07) is 6.90. The van der Waals surface area contributed by atoms with Gasteiger partial charge in [-0.1, -0.05) is 34.1 Å². The SMILES string of the molecule is CNC(C)C1=CCCc2cccc(Br)c21. The second-order valence-electron chi connectivity index (χ2n) is 3.98. The maximum Gasteiger partial charge on any atom is 0.0292 e. The van der Waals surface area contributed by atoms with Crippen LogP contribution in [-0.2, 0) is 6.42 Å². The molecule has 0 aromatic heterocycles. The Morgan fingerprint density at radius 2 is 2.20 bits per heavy atom. The van der Waals surface area contributed by atoms with Gasteiger partial charge in [0.1, 0.15) is 0 Å². The fraction of sp³-hybridized carbons (Fsp3) is 0.385. The minimum atomic E-state index is 0.419. The van der Waals surface area contributed by atoms with Gasteiger partial charge in [0.2, 0.25) is 0 Å². The molecule has 0 saturated carbocycles. The highest BCUT2D eigenvalue weighted by molar-refractivity contribution is 9.10. The molecule has 1 aliphatic carbocycles. The Labute approximate surface area is 99.7 Å². The Hall–Kier alpha value is -0.600. The van der Waals surface area contributed by atoms with E-state index >= 15 is 0 Å². The number of nitrogens with one attached hydrogen (secondary N) is 1. The summed E-state index contributed by atoms with van der Waals surface area (Å²) >= 11 is 3.65. The van der Waals surface area contributed by atoms with Gasteiger partial charge in [0.05, 0.1) is 0 Å². The van der Waals surface area contributed by atoms with Crippen LogP contribution in [0, 0.1) is 0 Å². The zero-order chi connectivity index (χ0) is 10.8. The number of aryl methyl sites for hydroxylation is 1. The summed E-state index contributed by atoms with van der Waals surface area (Å²) in [4.78, 5) is 0. The van der Waals surface area contributed by atoms with E-state index in [4.69, 9.17) is 0 Å². The van der Waals surface area contributed by atoms with Gasteiger partial charge in [-0.25, -0.2) is 0 Å². The molecule has 1 aliphatic rings. The molecule has 0 bridgehead atoms. The number of hydrogen-bond donors (Lipinski definition) is 1. The molecule has 0 fully saturated rings. The van der Waals surface area contributed by atoms with Gasteiger partial charge in [-0.3, -0.25) is 0 Å². The van der Waals surface area contributed by atoms with E-state index in [0.29, 0.717) is 6.04 Å². The summed E-state index contributed by atoms with van der Waals surface area (Å²) < 4.78 is 1.22. The van der Waals surface area contributed by atoms with Crippen LogP contribution < -0.4 is 5.32 Å². The summed E-state index contributed by atoms with van der Waals surface area (Å²) in [5, 5.41) is 3.31. The van der Waals surface area contributed by atoms with E-state index in [1.165, 1.54) is 21.2 Å². The van der Waals surface area contributed by atoms with Crippen LogP contribution in [0.1, 0.15) is 24.5 Å². The number of hydrogen-bond acceptors (Lipinski definition) is 1. The van der Waals surface area contributed by atoms with Gasteiger partial charge in [-0.05, 0) is 49.6 Å². The zero-order valence-electron chi connectivity index (χ0n) is 9.18. The molecule has 1 aromatic carbocycles. The van der Waals surface area contributed by atoms with E-state index in [-0.39, 0.29) is 0 Å². The summed E-state index contributed by atoms with van der Waals surface area (Å²) in [6.45, 7) is 2.21. The molecule has 0 amide bonds. The average Bonchev–Trinajstić information content (AvgIpc) is 2.28.